The number of rotatable bonds is 6. The van der Waals surface area contributed by atoms with E-state index >= 15 is 0 Å². The molecule has 0 aromatic heterocycles. The summed E-state index contributed by atoms with van der Waals surface area (Å²) in [6, 6.07) is 2.29. The van der Waals surface area contributed by atoms with Crippen molar-refractivity contribution in [2.45, 2.75) is 83.8 Å². The van der Waals surface area contributed by atoms with Gasteiger partial charge in [0.05, 0.1) is 0 Å². The molecule has 2 fully saturated rings. The Bertz CT molecular complexity index is 235. The molecule has 1 N–H and O–H groups in total. The lowest BCUT2D eigenvalue weighted by Crippen LogP contribution is -2.46. The summed E-state index contributed by atoms with van der Waals surface area (Å²) in [4.78, 5) is 2.81. The zero-order valence-corrected chi connectivity index (χ0v) is 12.6. The molecule has 18 heavy (non-hydrogen) atoms. The molecule has 3 unspecified atom stereocenters. The van der Waals surface area contributed by atoms with Crippen molar-refractivity contribution in [3.05, 3.63) is 0 Å². The second-order valence-corrected chi connectivity index (χ2v) is 6.56. The molecule has 0 bridgehead atoms. The molecule has 1 heterocycles. The van der Waals surface area contributed by atoms with Gasteiger partial charge in [-0.2, -0.15) is 0 Å². The number of hydrogen-bond donors (Lipinski definition) is 1. The Kier molecular flexibility index (Phi) is 5.50. The van der Waals surface area contributed by atoms with Crippen LogP contribution >= 0.6 is 0 Å². The number of hydrogen-bond acceptors (Lipinski definition) is 2. The summed E-state index contributed by atoms with van der Waals surface area (Å²) in [7, 11) is 0. The van der Waals surface area contributed by atoms with Gasteiger partial charge in [0.2, 0.25) is 0 Å². The average molecular weight is 252 g/mol. The maximum Gasteiger partial charge on any atom is 0.0195 e. The molecule has 0 aromatic rings. The molecule has 1 aliphatic carbocycles. The third kappa shape index (κ3) is 3.48. The number of nitrogens with zero attached hydrogens (tertiary/aromatic N) is 1. The van der Waals surface area contributed by atoms with Crippen molar-refractivity contribution in [2.24, 2.45) is 5.92 Å². The monoisotopic (exact) mass is 252 g/mol. The zero-order valence-electron chi connectivity index (χ0n) is 12.6. The molecule has 1 saturated heterocycles. The van der Waals surface area contributed by atoms with E-state index < -0.39 is 0 Å². The molecule has 0 aromatic carbocycles. The highest BCUT2D eigenvalue weighted by Gasteiger charge is 2.35. The lowest BCUT2D eigenvalue weighted by atomic mass is 9.95. The van der Waals surface area contributed by atoms with E-state index in [1.54, 1.807) is 0 Å². The smallest absolute Gasteiger partial charge is 0.0195 e. The summed E-state index contributed by atoms with van der Waals surface area (Å²) in [5, 5.41) is 3.68. The Labute approximate surface area is 114 Å². The van der Waals surface area contributed by atoms with Gasteiger partial charge < -0.3 is 5.32 Å². The van der Waals surface area contributed by atoms with Crippen molar-refractivity contribution in [2.75, 3.05) is 13.1 Å². The van der Waals surface area contributed by atoms with Crippen LogP contribution in [0.25, 0.3) is 0 Å². The molecule has 1 aliphatic heterocycles. The van der Waals surface area contributed by atoms with E-state index in [0.29, 0.717) is 12.1 Å². The summed E-state index contributed by atoms with van der Waals surface area (Å²) in [5.74, 6) is 1.01. The Balaban J connectivity index is 1.82. The highest BCUT2D eigenvalue weighted by atomic mass is 15.2. The first kappa shape index (κ1) is 14.3. The minimum Gasteiger partial charge on any atom is -0.313 e. The van der Waals surface area contributed by atoms with Crippen molar-refractivity contribution in [3.63, 3.8) is 0 Å². The van der Waals surface area contributed by atoms with Crippen LogP contribution in [0.1, 0.15) is 65.7 Å². The summed E-state index contributed by atoms with van der Waals surface area (Å²) < 4.78 is 0. The molecule has 1 saturated carbocycles. The van der Waals surface area contributed by atoms with Crippen molar-refractivity contribution in [3.8, 4) is 0 Å². The van der Waals surface area contributed by atoms with E-state index in [4.69, 9.17) is 0 Å². The lowest BCUT2D eigenvalue weighted by molar-refractivity contribution is 0.140. The van der Waals surface area contributed by atoms with Crippen molar-refractivity contribution in [1.82, 2.24) is 10.2 Å². The van der Waals surface area contributed by atoms with Gasteiger partial charge in [-0.05, 0) is 58.4 Å². The van der Waals surface area contributed by atoms with Crippen LogP contribution in [-0.4, -0.2) is 36.1 Å². The van der Waals surface area contributed by atoms with Crippen molar-refractivity contribution >= 4 is 0 Å². The van der Waals surface area contributed by atoms with Gasteiger partial charge in [-0.25, -0.2) is 0 Å². The van der Waals surface area contributed by atoms with E-state index in [9.17, 15) is 0 Å². The lowest BCUT2D eigenvalue weighted by Gasteiger charge is -2.35. The Morgan fingerprint density at radius 3 is 2.50 bits per heavy atom. The maximum absolute atomic E-state index is 3.68. The van der Waals surface area contributed by atoms with Gasteiger partial charge in [0, 0.05) is 24.7 Å². The SMILES string of the molecule is CCC(C)NCC(C)N1CCCC1C1CCCC1. The second-order valence-electron chi connectivity index (χ2n) is 6.56. The summed E-state index contributed by atoms with van der Waals surface area (Å²) in [6.45, 7) is 9.48. The normalized spacial score (nSPS) is 29.8. The van der Waals surface area contributed by atoms with Crippen LogP contribution in [0.3, 0.4) is 0 Å². The van der Waals surface area contributed by atoms with Crippen molar-refractivity contribution < 1.29 is 0 Å². The highest BCUT2D eigenvalue weighted by Crippen LogP contribution is 2.36. The molecule has 106 valence electrons. The third-order valence-corrected chi connectivity index (χ3v) is 5.23. The van der Waals surface area contributed by atoms with Crippen LogP contribution in [0.15, 0.2) is 0 Å². The molecule has 2 rings (SSSR count). The minimum absolute atomic E-state index is 0.667. The first-order valence-electron chi connectivity index (χ1n) is 8.21. The number of nitrogens with one attached hydrogen (secondary N) is 1. The quantitative estimate of drug-likeness (QED) is 0.779. The van der Waals surface area contributed by atoms with Gasteiger partial charge in [0.25, 0.3) is 0 Å². The predicted molar refractivity (Wildman–Crippen MR) is 78.9 cm³/mol. The van der Waals surface area contributed by atoms with E-state index in [2.05, 4.69) is 31.0 Å². The van der Waals surface area contributed by atoms with E-state index in [0.717, 1.165) is 18.5 Å². The fraction of sp³-hybridized carbons (Fsp3) is 1.00. The Hall–Kier alpha value is -0.0800. The molecule has 2 aliphatic rings. The molecule has 0 spiro atoms. The molecule has 0 radical (unpaired) electrons. The first-order valence-corrected chi connectivity index (χ1v) is 8.21. The molecule has 2 heteroatoms. The molecule has 2 nitrogen and oxygen atoms in total. The molecular weight excluding hydrogens is 220 g/mol. The van der Waals surface area contributed by atoms with Gasteiger partial charge in [-0.3, -0.25) is 4.90 Å². The number of likely N-dealkylation sites (tertiary alicyclic amines) is 1. The van der Waals surface area contributed by atoms with Gasteiger partial charge in [-0.15, -0.1) is 0 Å². The topological polar surface area (TPSA) is 15.3 Å². The van der Waals surface area contributed by atoms with Gasteiger partial charge in [0.1, 0.15) is 0 Å². The van der Waals surface area contributed by atoms with E-state index in [-0.39, 0.29) is 0 Å². The van der Waals surface area contributed by atoms with Gasteiger partial charge in [0.15, 0.2) is 0 Å². The fourth-order valence-corrected chi connectivity index (χ4v) is 3.84. The third-order valence-electron chi connectivity index (χ3n) is 5.23. The maximum atomic E-state index is 3.68. The van der Waals surface area contributed by atoms with Crippen LogP contribution in [0.5, 0.6) is 0 Å². The van der Waals surface area contributed by atoms with E-state index in [1.165, 1.54) is 51.5 Å². The van der Waals surface area contributed by atoms with Crippen LogP contribution in [0, 0.1) is 5.92 Å². The summed E-state index contributed by atoms with van der Waals surface area (Å²) in [6.07, 6.45) is 10.1. The Morgan fingerprint density at radius 1 is 1.11 bits per heavy atom. The fourth-order valence-electron chi connectivity index (χ4n) is 3.84. The molecule has 0 amide bonds. The molecule has 3 atom stereocenters. The zero-order chi connectivity index (χ0) is 13.0. The van der Waals surface area contributed by atoms with Crippen LogP contribution in [0.4, 0.5) is 0 Å². The van der Waals surface area contributed by atoms with Crippen LogP contribution in [-0.2, 0) is 0 Å². The van der Waals surface area contributed by atoms with Crippen molar-refractivity contribution in [1.29, 1.82) is 0 Å². The van der Waals surface area contributed by atoms with Crippen LogP contribution in [0.2, 0.25) is 0 Å². The second kappa shape index (κ2) is 6.91. The summed E-state index contributed by atoms with van der Waals surface area (Å²) in [5.41, 5.74) is 0. The highest BCUT2D eigenvalue weighted by molar-refractivity contribution is 4.90. The predicted octanol–water partition coefficient (Wildman–Crippen LogP) is 3.42. The minimum atomic E-state index is 0.667. The Morgan fingerprint density at radius 2 is 1.83 bits per heavy atom. The summed E-state index contributed by atoms with van der Waals surface area (Å²) >= 11 is 0. The molecular formula is C16H32N2. The average Bonchev–Trinajstić information content (AvgIpc) is 3.04. The standard InChI is InChI=1S/C16H32N2/c1-4-13(2)17-12-14(3)18-11-7-10-16(18)15-8-5-6-9-15/h13-17H,4-12H2,1-3H3. The largest absolute Gasteiger partial charge is 0.313 e. The van der Waals surface area contributed by atoms with E-state index in [1.807, 2.05) is 0 Å². The van der Waals surface area contributed by atoms with Gasteiger partial charge >= 0.3 is 0 Å². The van der Waals surface area contributed by atoms with Crippen LogP contribution < -0.4 is 5.32 Å². The first-order chi connectivity index (χ1) is 8.72. The van der Waals surface area contributed by atoms with Gasteiger partial charge in [-0.1, -0.05) is 19.8 Å².